The quantitative estimate of drug-likeness (QED) is 0.300. The third-order valence-corrected chi connectivity index (χ3v) is 18.6. The van der Waals surface area contributed by atoms with Crippen LogP contribution in [0.4, 0.5) is 0 Å². The largest absolute Gasteiger partial charge is 0.493 e. The van der Waals surface area contributed by atoms with Crippen molar-refractivity contribution in [1.82, 2.24) is 0 Å². The highest BCUT2D eigenvalue weighted by Gasteiger charge is 2.39. The molecule has 2 aromatic rings. The molecule has 4 fully saturated rings. The minimum Gasteiger partial charge on any atom is -0.493 e. The van der Waals surface area contributed by atoms with E-state index in [1.807, 2.05) is 0 Å². The summed E-state index contributed by atoms with van der Waals surface area (Å²) in [6, 6.07) is 14.5. The first-order valence-corrected chi connectivity index (χ1v) is 21.4. The van der Waals surface area contributed by atoms with Crippen molar-refractivity contribution < 1.29 is 9.47 Å². The van der Waals surface area contributed by atoms with Crippen molar-refractivity contribution in [3.8, 4) is 22.6 Å². The van der Waals surface area contributed by atoms with Gasteiger partial charge in [-0.25, -0.2) is 0 Å². The summed E-state index contributed by atoms with van der Waals surface area (Å²) in [7, 11) is -0.499. The predicted molar refractivity (Wildman–Crippen MR) is 188 cm³/mol. The van der Waals surface area contributed by atoms with Crippen molar-refractivity contribution in [3.05, 3.63) is 36.4 Å². The number of fused-ring (bicyclic) bond motifs is 3. The van der Waals surface area contributed by atoms with Crippen LogP contribution in [0.2, 0.25) is 0 Å². The van der Waals surface area contributed by atoms with Gasteiger partial charge in [0.15, 0.2) is 0 Å². The highest BCUT2D eigenvalue weighted by atomic mass is 31.1. The van der Waals surface area contributed by atoms with Crippen LogP contribution < -0.4 is 20.1 Å². The van der Waals surface area contributed by atoms with Gasteiger partial charge in [-0.3, -0.25) is 0 Å². The Labute approximate surface area is 265 Å². The van der Waals surface area contributed by atoms with E-state index in [9.17, 15) is 0 Å². The van der Waals surface area contributed by atoms with Gasteiger partial charge >= 0.3 is 0 Å². The van der Waals surface area contributed by atoms with Gasteiger partial charge in [0.1, 0.15) is 11.5 Å². The van der Waals surface area contributed by atoms with E-state index in [-0.39, 0.29) is 15.8 Å². The maximum atomic E-state index is 6.79. The molecular formula is C39H56O2P2. The molecule has 0 saturated heterocycles. The van der Waals surface area contributed by atoms with E-state index in [0.717, 1.165) is 53.8 Å². The Hall–Kier alpha value is -1.10. The Morgan fingerprint density at radius 2 is 0.721 bits per heavy atom. The third-order valence-electron chi connectivity index (χ3n) is 11.5. The van der Waals surface area contributed by atoms with Crippen molar-refractivity contribution in [2.75, 3.05) is 13.2 Å². The van der Waals surface area contributed by atoms with Crippen LogP contribution in [-0.2, 0) is 0 Å². The van der Waals surface area contributed by atoms with Crippen LogP contribution in [0.1, 0.15) is 135 Å². The average Bonchev–Trinajstić information content (AvgIpc) is 3.17. The SMILES string of the molecule is c1cc2c(c(P(C3CCCCC3)C3CCCCC3)c1)-c1c(cccc1P(C1CCCCC1)C1CCCCC1)OCCCO2. The molecule has 4 aliphatic carbocycles. The Kier molecular flexibility index (Phi) is 10.7. The zero-order valence-corrected chi connectivity index (χ0v) is 28.5. The molecule has 2 aromatic carbocycles. The highest BCUT2D eigenvalue weighted by Crippen LogP contribution is 2.60. The topological polar surface area (TPSA) is 18.5 Å². The molecule has 0 bridgehead atoms. The van der Waals surface area contributed by atoms with Crippen molar-refractivity contribution >= 4 is 26.5 Å². The maximum absolute atomic E-state index is 6.79. The Bertz CT molecular complexity index is 1040. The van der Waals surface area contributed by atoms with Gasteiger partial charge in [0, 0.05) is 17.5 Å². The van der Waals surface area contributed by atoms with Gasteiger partial charge in [-0.05, 0) is 96.7 Å². The minimum atomic E-state index is -0.249. The second-order valence-electron chi connectivity index (χ2n) is 14.3. The lowest BCUT2D eigenvalue weighted by atomic mass is 9.99. The van der Waals surface area contributed by atoms with E-state index in [1.165, 1.54) is 140 Å². The number of hydrogen-bond acceptors (Lipinski definition) is 2. The summed E-state index contributed by atoms with van der Waals surface area (Å²) >= 11 is 0. The number of ether oxygens (including phenoxy) is 2. The average molecular weight is 619 g/mol. The van der Waals surface area contributed by atoms with E-state index >= 15 is 0 Å². The first-order chi connectivity index (χ1) is 21.4. The molecule has 1 heterocycles. The Morgan fingerprint density at radius 1 is 0.395 bits per heavy atom. The molecule has 0 N–H and O–H groups in total. The lowest BCUT2D eigenvalue weighted by Crippen LogP contribution is -2.30. The summed E-state index contributed by atoms with van der Waals surface area (Å²) in [6.07, 6.45) is 29.7. The summed E-state index contributed by atoms with van der Waals surface area (Å²) in [5.74, 6) is 2.33. The molecule has 0 radical (unpaired) electrons. The monoisotopic (exact) mass is 618 g/mol. The van der Waals surface area contributed by atoms with Crippen LogP contribution in [0.5, 0.6) is 11.5 Å². The van der Waals surface area contributed by atoms with Gasteiger partial charge < -0.3 is 9.47 Å². The van der Waals surface area contributed by atoms with Gasteiger partial charge in [-0.15, -0.1) is 0 Å². The summed E-state index contributed by atoms with van der Waals surface area (Å²) in [6.45, 7) is 1.51. The molecule has 0 aromatic heterocycles. The van der Waals surface area contributed by atoms with Crippen molar-refractivity contribution in [1.29, 1.82) is 0 Å². The molecular weight excluding hydrogens is 562 g/mol. The highest BCUT2D eigenvalue weighted by molar-refractivity contribution is 7.68. The molecule has 1 aliphatic heterocycles. The van der Waals surface area contributed by atoms with Crippen LogP contribution in [0.15, 0.2) is 36.4 Å². The van der Waals surface area contributed by atoms with E-state index in [2.05, 4.69) is 36.4 Å². The molecule has 4 heteroatoms. The van der Waals surface area contributed by atoms with Gasteiger partial charge in [-0.1, -0.05) is 117 Å². The number of rotatable bonds is 6. The minimum absolute atomic E-state index is 0.249. The molecule has 5 aliphatic rings. The second kappa shape index (κ2) is 15.0. The van der Waals surface area contributed by atoms with Crippen LogP contribution in [0.25, 0.3) is 11.1 Å². The van der Waals surface area contributed by atoms with Crippen molar-refractivity contribution in [2.24, 2.45) is 0 Å². The second-order valence-corrected chi connectivity index (χ2v) is 19.8. The smallest absolute Gasteiger partial charge is 0.127 e. The van der Waals surface area contributed by atoms with E-state index in [4.69, 9.17) is 9.47 Å². The van der Waals surface area contributed by atoms with Gasteiger partial charge in [0.05, 0.1) is 13.2 Å². The normalized spacial score (nSPS) is 23.5. The fourth-order valence-electron chi connectivity index (χ4n) is 9.46. The standard InChI is InChI=1S/C39H56O2P2/c1-5-16-30(17-6-1)42(31-18-7-2-8-19-31)36-26-13-24-34-38(36)39-35(41-29-15-28-40-34)25-14-27-37(39)43(32-20-9-3-10-21-32)33-22-11-4-12-23-33/h13-14,24-27,30-33H,1-12,15-23,28-29H2. The first kappa shape index (κ1) is 30.5. The summed E-state index contributed by atoms with van der Waals surface area (Å²) in [5, 5.41) is 3.38. The lowest BCUT2D eigenvalue weighted by molar-refractivity contribution is 0.252. The third kappa shape index (κ3) is 6.87. The fourth-order valence-corrected chi connectivity index (χ4v) is 17.4. The molecule has 0 spiro atoms. The molecule has 7 rings (SSSR count). The Balaban J connectivity index is 1.42. The lowest BCUT2D eigenvalue weighted by Gasteiger charge is -2.41. The van der Waals surface area contributed by atoms with E-state index in [0.29, 0.717) is 0 Å². The zero-order valence-electron chi connectivity index (χ0n) is 26.7. The molecule has 0 unspecified atom stereocenters. The van der Waals surface area contributed by atoms with Gasteiger partial charge in [0.2, 0.25) is 0 Å². The molecule has 43 heavy (non-hydrogen) atoms. The summed E-state index contributed by atoms with van der Waals surface area (Å²) < 4.78 is 13.6. The number of hydrogen-bond donors (Lipinski definition) is 0. The van der Waals surface area contributed by atoms with Crippen LogP contribution >= 0.6 is 15.8 Å². The summed E-state index contributed by atoms with van der Waals surface area (Å²) in [5.41, 5.74) is 6.47. The molecule has 0 atom stereocenters. The zero-order chi connectivity index (χ0) is 28.8. The van der Waals surface area contributed by atoms with E-state index < -0.39 is 0 Å². The van der Waals surface area contributed by atoms with Crippen LogP contribution in [-0.4, -0.2) is 35.8 Å². The summed E-state index contributed by atoms with van der Waals surface area (Å²) in [4.78, 5) is 0. The molecule has 0 amide bonds. The Morgan fingerprint density at radius 3 is 1.05 bits per heavy atom. The molecule has 2 nitrogen and oxygen atoms in total. The van der Waals surface area contributed by atoms with Gasteiger partial charge in [0.25, 0.3) is 0 Å². The van der Waals surface area contributed by atoms with Crippen LogP contribution in [0.3, 0.4) is 0 Å². The first-order valence-electron chi connectivity index (χ1n) is 18.5. The molecule has 234 valence electrons. The van der Waals surface area contributed by atoms with Crippen molar-refractivity contribution in [2.45, 2.75) is 157 Å². The van der Waals surface area contributed by atoms with E-state index in [1.54, 1.807) is 10.6 Å². The molecule has 4 saturated carbocycles. The van der Waals surface area contributed by atoms with Crippen LogP contribution in [0, 0.1) is 0 Å². The predicted octanol–water partition coefficient (Wildman–Crippen LogP) is 11.1. The maximum Gasteiger partial charge on any atom is 0.127 e. The van der Waals surface area contributed by atoms with Crippen molar-refractivity contribution in [3.63, 3.8) is 0 Å². The fraction of sp³-hybridized carbons (Fsp3) is 0.692. The number of benzene rings is 2. The van der Waals surface area contributed by atoms with Gasteiger partial charge in [-0.2, -0.15) is 0 Å².